The van der Waals surface area contributed by atoms with Gasteiger partial charge in [-0.05, 0) is 42.0 Å². The van der Waals surface area contributed by atoms with Crippen LogP contribution in [0.3, 0.4) is 0 Å². The first-order chi connectivity index (χ1) is 12.4. The third kappa shape index (κ3) is 4.85. The van der Waals surface area contributed by atoms with Crippen molar-refractivity contribution in [3.8, 4) is 0 Å². The monoisotopic (exact) mass is 372 g/mol. The maximum absolute atomic E-state index is 12.4. The Kier molecular flexibility index (Phi) is 5.61. The normalized spacial score (nSPS) is 16.6. The largest absolute Gasteiger partial charge is 0.376 e. The molecule has 1 aliphatic carbocycles. The molecule has 2 N–H and O–H groups in total. The minimum Gasteiger partial charge on any atom is -0.376 e. The Balaban J connectivity index is 1.62. The summed E-state index contributed by atoms with van der Waals surface area (Å²) in [7, 11) is -3.13. The van der Waals surface area contributed by atoms with Crippen LogP contribution in [0.2, 0.25) is 0 Å². The van der Waals surface area contributed by atoms with Gasteiger partial charge in [0.05, 0.1) is 18.3 Å². The third-order valence-electron chi connectivity index (χ3n) is 4.58. The molecule has 0 saturated heterocycles. The molecule has 1 atom stereocenters. The summed E-state index contributed by atoms with van der Waals surface area (Å²) in [4.78, 5) is 12.4. The number of fused-ring (bicyclic) bond motifs is 1. The molecule has 138 valence electrons. The standard InChI is InChI=1S/C20H24N2O3S/c1-26(24,25)14-16-8-3-5-11-18(16)21-13-20(23)22-19-12-6-9-15-7-2-4-10-17(15)19/h2-5,7-8,10-11,19,21H,6,9,12-14H2,1H3,(H,22,23)/t19-/m0/s1. The van der Waals surface area contributed by atoms with Gasteiger partial charge in [0, 0.05) is 11.9 Å². The Morgan fingerprint density at radius 3 is 2.65 bits per heavy atom. The second kappa shape index (κ2) is 7.91. The number of benzene rings is 2. The highest BCUT2D eigenvalue weighted by Crippen LogP contribution is 2.29. The lowest BCUT2D eigenvalue weighted by atomic mass is 9.88. The topological polar surface area (TPSA) is 75.3 Å². The van der Waals surface area contributed by atoms with Gasteiger partial charge in [0.25, 0.3) is 0 Å². The maximum atomic E-state index is 12.4. The molecule has 0 aliphatic heterocycles. The summed E-state index contributed by atoms with van der Waals surface area (Å²) in [5.74, 6) is -0.144. The van der Waals surface area contributed by atoms with E-state index in [9.17, 15) is 13.2 Å². The zero-order valence-electron chi connectivity index (χ0n) is 14.9. The molecule has 0 bridgehead atoms. The summed E-state index contributed by atoms with van der Waals surface area (Å²) in [5, 5.41) is 6.17. The maximum Gasteiger partial charge on any atom is 0.239 e. The fourth-order valence-corrected chi connectivity index (χ4v) is 4.24. The minimum atomic E-state index is -3.13. The number of amides is 1. The van der Waals surface area contributed by atoms with Gasteiger partial charge in [-0.2, -0.15) is 0 Å². The van der Waals surface area contributed by atoms with Gasteiger partial charge in [0.15, 0.2) is 9.84 Å². The predicted octanol–water partition coefficient (Wildman–Crippen LogP) is 2.84. The molecule has 5 nitrogen and oxygen atoms in total. The van der Waals surface area contributed by atoms with Crippen LogP contribution < -0.4 is 10.6 Å². The Morgan fingerprint density at radius 2 is 1.85 bits per heavy atom. The second-order valence-electron chi connectivity index (χ2n) is 6.79. The summed E-state index contributed by atoms with van der Waals surface area (Å²) in [5.41, 5.74) is 3.85. The van der Waals surface area contributed by atoms with Crippen molar-refractivity contribution >= 4 is 21.4 Å². The number of sulfone groups is 1. The Bertz CT molecular complexity index is 893. The van der Waals surface area contributed by atoms with Gasteiger partial charge in [-0.15, -0.1) is 0 Å². The van der Waals surface area contributed by atoms with Crippen molar-refractivity contribution in [1.82, 2.24) is 5.32 Å². The molecule has 0 radical (unpaired) electrons. The molecular weight excluding hydrogens is 348 g/mol. The van der Waals surface area contributed by atoms with Crippen molar-refractivity contribution in [2.24, 2.45) is 0 Å². The summed E-state index contributed by atoms with van der Waals surface area (Å²) in [6.45, 7) is 0.111. The number of nitrogens with one attached hydrogen (secondary N) is 2. The lowest BCUT2D eigenvalue weighted by Crippen LogP contribution is -2.35. The highest BCUT2D eigenvalue weighted by molar-refractivity contribution is 7.89. The summed E-state index contributed by atoms with van der Waals surface area (Å²) >= 11 is 0. The fraction of sp³-hybridized carbons (Fsp3) is 0.350. The van der Waals surface area contributed by atoms with Crippen LogP contribution in [0.4, 0.5) is 5.69 Å². The number of anilines is 1. The van der Waals surface area contributed by atoms with Gasteiger partial charge in [0.1, 0.15) is 0 Å². The fourth-order valence-electron chi connectivity index (χ4n) is 3.43. The number of rotatable bonds is 6. The number of hydrogen-bond donors (Lipinski definition) is 2. The van der Waals surface area contributed by atoms with Crippen molar-refractivity contribution in [3.05, 3.63) is 65.2 Å². The highest BCUT2D eigenvalue weighted by atomic mass is 32.2. The van der Waals surface area contributed by atoms with E-state index in [0.29, 0.717) is 11.3 Å². The Morgan fingerprint density at radius 1 is 1.12 bits per heavy atom. The number of hydrogen-bond acceptors (Lipinski definition) is 4. The Labute approximate surface area is 154 Å². The summed E-state index contributed by atoms with van der Waals surface area (Å²) in [6, 6.07) is 15.4. The van der Waals surface area contributed by atoms with Crippen LogP contribution in [-0.2, 0) is 26.8 Å². The average molecular weight is 372 g/mol. The molecule has 0 heterocycles. The third-order valence-corrected chi connectivity index (χ3v) is 5.41. The molecule has 0 saturated carbocycles. The van der Waals surface area contributed by atoms with E-state index in [1.54, 1.807) is 18.2 Å². The quantitative estimate of drug-likeness (QED) is 0.818. The summed E-state index contributed by atoms with van der Waals surface area (Å²) < 4.78 is 23.1. The van der Waals surface area contributed by atoms with Crippen LogP contribution in [-0.4, -0.2) is 27.1 Å². The van der Waals surface area contributed by atoms with E-state index >= 15 is 0 Å². The van der Waals surface area contributed by atoms with Crippen molar-refractivity contribution in [2.75, 3.05) is 18.1 Å². The molecule has 2 aromatic carbocycles. The van der Waals surface area contributed by atoms with Gasteiger partial charge < -0.3 is 10.6 Å². The lowest BCUT2D eigenvalue weighted by molar-refractivity contribution is -0.120. The van der Waals surface area contributed by atoms with E-state index in [2.05, 4.69) is 22.8 Å². The smallest absolute Gasteiger partial charge is 0.239 e. The number of carbonyl (C=O) groups excluding carboxylic acids is 1. The first-order valence-electron chi connectivity index (χ1n) is 8.79. The van der Waals surface area contributed by atoms with Crippen molar-refractivity contribution < 1.29 is 13.2 Å². The zero-order valence-corrected chi connectivity index (χ0v) is 15.7. The van der Waals surface area contributed by atoms with E-state index in [1.807, 2.05) is 18.2 Å². The highest BCUT2D eigenvalue weighted by Gasteiger charge is 2.21. The van der Waals surface area contributed by atoms with Crippen LogP contribution >= 0.6 is 0 Å². The molecule has 2 aromatic rings. The summed E-state index contributed by atoms with van der Waals surface area (Å²) in [6.07, 6.45) is 4.26. The molecule has 6 heteroatoms. The van der Waals surface area contributed by atoms with Crippen LogP contribution in [0, 0.1) is 0 Å². The number of carbonyl (C=O) groups is 1. The van der Waals surface area contributed by atoms with E-state index in [4.69, 9.17) is 0 Å². The molecule has 0 spiro atoms. The van der Waals surface area contributed by atoms with Crippen molar-refractivity contribution in [3.63, 3.8) is 0 Å². The molecule has 0 fully saturated rings. The van der Waals surface area contributed by atoms with Crippen LogP contribution in [0.15, 0.2) is 48.5 Å². The molecular formula is C20H24N2O3S. The molecule has 0 aromatic heterocycles. The van der Waals surface area contributed by atoms with Crippen LogP contribution in [0.1, 0.15) is 35.6 Å². The molecule has 26 heavy (non-hydrogen) atoms. The predicted molar refractivity (Wildman–Crippen MR) is 104 cm³/mol. The average Bonchev–Trinajstić information content (AvgIpc) is 2.60. The van der Waals surface area contributed by atoms with E-state index < -0.39 is 9.84 Å². The second-order valence-corrected chi connectivity index (χ2v) is 8.93. The number of aryl methyl sites for hydroxylation is 1. The van der Waals surface area contributed by atoms with Gasteiger partial charge in [-0.25, -0.2) is 8.42 Å². The van der Waals surface area contributed by atoms with E-state index in [1.165, 1.54) is 17.4 Å². The first-order valence-corrected chi connectivity index (χ1v) is 10.8. The Hall–Kier alpha value is -2.34. The molecule has 1 amide bonds. The number of para-hydroxylation sites is 1. The zero-order chi connectivity index (χ0) is 18.6. The molecule has 1 aliphatic rings. The van der Waals surface area contributed by atoms with E-state index in [-0.39, 0.29) is 24.2 Å². The minimum absolute atomic E-state index is 0.0421. The van der Waals surface area contributed by atoms with E-state index in [0.717, 1.165) is 19.3 Å². The molecule has 3 rings (SSSR count). The molecule has 0 unspecified atom stereocenters. The van der Waals surface area contributed by atoms with Crippen LogP contribution in [0.5, 0.6) is 0 Å². The first kappa shape index (κ1) is 18.5. The van der Waals surface area contributed by atoms with Gasteiger partial charge in [0.2, 0.25) is 5.91 Å². The van der Waals surface area contributed by atoms with Gasteiger partial charge in [-0.1, -0.05) is 42.5 Å². The van der Waals surface area contributed by atoms with Gasteiger partial charge >= 0.3 is 0 Å². The van der Waals surface area contributed by atoms with Gasteiger partial charge in [-0.3, -0.25) is 4.79 Å². The van der Waals surface area contributed by atoms with Crippen molar-refractivity contribution in [2.45, 2.75) is 31.1 Å². The SMILES string of the molecule is CS(=O)(=O)Cc1ccccc1NCC(=O)N[C@H]1CCCc2ccccc21. The lowest BCUT2D eigenvalue weighted by Gasteiger charge is -2.26. The van der Waals surface area contributed by atoms with Crippen LogP contribution in [0.25, 0.3) is 0 Å². The van der Waals surface area contributed by atoms with Crippen molar-refractivity contribution in [1.29, 1.82) is 0 Å².